The van der Waals surface area contributed by atoms with Crippen LogP contribution in [0, 0.1) is 5.92 Å². The Hall–Kier alpha value is -1.51. The van der Waals surface area contributed by atoms with Gasteiger partial charge in [-0.3, -0.25) is 4.79 Å². The van der Waals surface area contributed by atoms with E-state index in [0.29, 0.717) is 6.54 Å². The van der Waals surface area contributed by atoms with E-state index >= 15 is 0 Å². The van der Waals surface area contributed by atoms with E-state index in [0.717, 1.165) is 25.8 Å². The van der Waals surface area contributed by atoms with Crippen LogP contribution >= 0.6 is 0 Å². The number of nitrogens with one attached hydrogen (secondary N) is 1. The van der Waals surface area contributed by atoms with Crippen molar-refractivity contribution in [2.75, 3.05) is 18.5 Å². The molecule has 1 fully saturated rings. The van der Waals surface area contributed by atoms with Crippen molar-refractivity contribution in [2.24, 2.45) is 5.92 Å². The van der Waals surface area contributed by atoms with Crippen molar-refractivity contribution < 1.29 is 4.79 Å². The number of likely N-dealkylation sites (N-methyl/N-ethyl adjacent to an activating group) is 1. The molecule has 0 bridgehead atoms. The largest absolute Gasteiger partial charge is 0.374 e. The number of nitrogens with zero attached hydrogens (tertiary/aromatic N) is 1. The molecule has 0 spiro atoms. The number of hydrogen-bond donors (Lipinski definition) is 1. The maximum absolute atomic E-state index is 12.1. The molecule has 3 rings (SSSR count). The molecule has 0 atom stereocenters. The van der Waals surface area contributed by atoms with Crippen LogP contribution in [0.1, 0.15) is 43.2 Å². The molecule has 1 aromatic rings. The van der Waals surface area contributed by atoms with Gasteiger partial charge in [-0.25, -0.2) is 0 Å². The number of benzene rings is 1. The van der Waals surface area contributed by atoms with Gasteiger partial charge in [0.2, 0.25) is 5.91 Å². The van der Waals surface area contributed by atoms with Gasteiger partial charge in [0.25, 0.3) is 0 Å². The molecule has 2 aliphatic rings. The number of anilines is 1. The molecule has 3 heteroatoms. The highest BCUT2D eigenvalue weighted by atomic mass is 16.1. The highest BCUT2D eigenvalue weighted by Crippen LogP contribution is 2.27. The highest BCUT2D eigenvalue weighted by molar-refractivity contribution is 5.78. The monoisotopic (exact) mass is 272 g/mol. The summed E-state index contributed by atoms with van der Waals surface area (Å²) < 4.78 is 0. The molecule has 20 heavy (non-hydrogen) atoms. The lowest BCUT2D eigenvalue weighted by molar-refractivity contribution is -0.126. The minimum absolute atomic E-state index is 0.252. The Morgan fingerprint density at radius 2 is 2.10 bits per heavy atom. The smallest absolute Gasteiger partial charge is 0.223 e. The third kappa shape index (κ3) is 2.82. The number of fused-ring (bicyclic) bond motifs is 1. The molecule has 1 aliphatic carbocycles. The van der Waals surface area contributed by atoms with Gasteiger partial charge < -0.3 is 10.2 Å². The fourth-order valence-corrected chi connectivity index (χ4v) is 3.43. The first-order valence-electron chi connectivity index (χ1n) is 7.85. The van der Waals surface area contributed by atoms with Crippen LogP contribution in [-0.2, 0) is 17.8 Å². The number of rotatable bonds is 3. The molecule has 1 amide bonds. The van der Waals surface area contributed by atoms with Crippen molar-refractivity contribution in [3.05, 3.63) is 29.3 Å². The van der Waals surface area contributed by atoms with Crippen molar-refractivity contribution in [3.8, 4) is 0 Å². The maximum Gasteiger partial charge on any atom is 0.223 e. The van der Waals surface area contributed by atoms with Gasteiger partial charge in [-0.1, -0.05) is 31.4 Å². The van der Waals surface area contributed by atoms with Gasteiger partial charge >= 0.3 is 0 Å². The quantitative estimate of drug-likeness (QED) is 0.917. The summed E-state index contributed by atoms with van der Waals surface area (Å²) in [6, 6.07) is 6.58. The fraction of sp³-hybridized carbons (Fsp3) is 0.588. The van der Waals surface area contributed by atoms with E-state index in [1.54, 1.807) is 0 Å². The molecule has 0 radical (unpaired) electrons. The van der Waals surface area contributed by atoms with Gasteiger partial charge in [0, 0.05) is 31.7 Å². The summed E-state index contributed by atoms with van der Waals surface area (Å²) in [5.74, 6) is 0.506. The average molecular weight is 272 g/mol. The summed E-state index contributed by atoms with van der Waals surface area (Å²) in [4.78, 5) is 14.4. The Morgan fingerprint density at radius 3 is 2.90 bits per heavy atom. The minimum atomic E-state index is 0.252. The standard InChI is InChI=1S/C17H24N2O/c1-19-10-9-15-11-13(7-8-16(15)19)12-18-17(20)14-5-3-2-4-6-14/h7-8,11,14H,2-6,9-10,12H2,1H3,(H,18,20). The van der Waals surface area contributed by atoms with E-state index in [4.69, 9.17) is 0 Å². The normalized spacial score (nSPS) is 18.9. The predicted molar refractivity (Wildman–Crippen MR) is 81.8 cm³/mol. The van der Waals surface area contributed by atoms with Crippen molar-refractivity contribution >= 4 is 11.6 Å². The van der Waals surface area contributed by atoms with E-state index in [2.05, 4.69) is 35.5 Å². The lowest BCUT2D eigenvalue weighted by Gasteiger charge is -2.20. The van der Waals surface area contributed by atoms with Crippen LogP contribution < -0.4 is 10.2 Å². The molecular formula is C17H24N2O. The number of amides is 1. The van der Waals surface area contributed by atoms with E-state index in [1.165, 1.54) is 36.1 Å². The molecule has 108 valence electrons. The molecule has 0 saturated heterocycles. The zero-order chi connectivity index (χ0) is 13.9. The van der Waals surface area contributed by atoms with Crippen molar-refractivity contribution in [1.82, 2.24) is 5.32 Å². The summed E-state index contributed by atoms with van der Waals surface area (Å²) in [5, 5.41) is 3.12. The summed E-state index contributed by atoms with van der Waals surface area (Å²) in [6.45, 7) is 1.78. The first-order valence-corrected chi connectivity index (χ1v) is 7.85. The zero-order valence-corrected chi connectivity index (χ0v) is 12.3. The van der Waals surface area contributed by atoms with Crippen LogP contribution in [0.15, 0.2) is 18.2 Å². The Kier molecular flexibility index (Phi) is 3.95. The van der Waals surface area contributed by atoms with Gasteiger partial charge in [0.05, 0.1) is 0 Å². The molecule has 1 aromatic carbocycles. The molecule has 0 aromatic heterocycles. The number of carbonyl (C=O) groups is 1. The Labute approximate surface area is 121 Å². The molecule has 1 aliphatic heterocycles. The molecule has 0 unspecified atom stereocenters. The second-order valence-corrected chi connectivity index (χ2v) is 6.19. The van der Waals surface area contributed by atoms with E-state index in [-0.39, 0.29) is 11.8 Å². The van der Waals surface area contributed by atoms with E-state index < -0.39 is 0 Å². The van der Waals surface area contributed by atoms with Gasteiger partial charge in [-0.05, 0) is 36.5 Å². The Morgan fingerprint density at radius 1 is 1.30 bits per heavy atom. The van der Waals surface area contributed by atoms with Crippen molar-refractivity contribution in [2.45, 2.75) is 45.1 Å². The fourth-order valence-electron chi connectivity index (χ4n) is 3.43. The number of carbonyl (C=O) groups excluding carboxylic acids is 1. The zero-order valence-electron chi connectivity index (χ0n) is 12.3. The predicted octanol–water partition coefficient (Wildman–Crippen LogP) is 2.88. The lowest BCUT2D eigenvalue weighted by Crippen LogP contribution is -2.31. The van der Waals surface area contributed by atoms with Gasteiger partial charge in [0.15, 0.2) is 0 Å². The summed E-state index contributed by atoms with van der Waals surface area (Å²) in [7, 11) is 2.14. The summed E-state index contributed by atoms with van der Waals surface area (Å²) in [5.41, 5.74) is 3.98. The van der Waals surface area contributed by atoms with Crippen LogP contribution in [0.2, 0.25) is 0 Å². The van der Waals surface area contributed by atoms with Crippen LogP contribution in [0.3, 0.4) is 0 Å². The van der Waals surface area contributed by atoms with Gasteiger partial charge in [-0.2, -0.15) is 0 Å². The SMILES string of the molecule is CN1CCc2cc(CNC(=O)C3CCCCC3)ccc21. The summed E-state index contributed by atoms with van der Waals surface area (Å²) in [6.07, 6.45) is 6.98. The second-order valence-electron chi connectivity index (χ2n) is 6.19. The van der Waals surface area contributed by atoms with Crippen molar-refractivity contribution in [3.63, 3.8) is 0 Å². The Balaban J connectivity index is 1.57. The van der Waals surface area contributed by atoms with Crippen LogP contribution in [0.4, 0.5) is 5.69 Å². The average Bonchev–Trinajstić information content (AvgIpc) is 2.87. The van der Waals surface area contributed by atoms with E-state index in [1.807, 2.05) is 0 Å². The molecule has 1 saturated carbocycles. The maximum atomic E-state index is 12.1. The molecule has 1 heterocycles. The minimum Gasteiger partial charge on any atom is -0.374 e. The second kappa shape index (κ2) is 5.86. The van der Waals surface area contributed by atoms with E-state index in [9.17, 15) is 4.79 Å². The lowest BCUT2D eigenvalue weighted by atomic mass is 9.88. The topological polar surface area (TPSA) is 32.3 Å². The Bertz CT molecular complexity index is 492. The number of hydrogen-bond acceptors (Lipinski definition) is 2. The highest BCUT2D eigenvalue weighted by Gasteiger charge is 2.21. The first kappa shape index (κ1) is 13.5. The van der Waals surface area contributed by atoms with Crippen LogP contribution in [0.25, 0.3) is 0 Å². The summed E-state index contributed by atoms with van der Waals surface area (Å²) >= 11 is 0. The van der Waals surface area contributed by atoms with Crippen molar-refractivity contribution in [1.29, 1.82) is 0 Å². The molecule has 1 N–H and O–H groups in total. The molecule has 3 nitrogen and oxygen atoms in total. The third-order valence-corrected chi connectivity index (χ3v) is 4.71. The van der Waals surface area contributed by atoms with Gasteiger partial charge in [-0.15, -0.1) is 0 Å². The molecular weight excluding hydrogens is 248 g/mol. The van der Waals surface area contributed by atoms with Gasteiger partial charge in [0.1, 0.15) is 0 Å². The van der Waals surface area contributed by atoms with Crippen LogP contribution in [0.5, 0.6) is 0 Å². The third-order valence-electron chi connectivity index (χ3n) is 4.71. The van der Waals surface area contributed by atoms with Crippen LogP contribution in [-0.4, -0.2) is 19.5 Å². The first-order chi connectivity index (χ1) is 9.74.